The third-order valence-corrected chi connectivity index (χ3v) is 4.60. The summed E-state index contributed by atoms with van der Waals surface area (Å²) < 4.78 is 4.95. The third-order valence-electron chi connectivity index (χ3n) is 4.60. The predicted octanol–water partition coefficient (Wildman–Crippen LogP) is 3.09. The summed E-state index contributed by atoms with van der Waals surface area (Å²) in [5.74, 6) is 0.0275. The lowest BCUT2D eigenvalue weighted by Gasteiger charge is -2.42. The van der Waals surface area contributed by atoms with E-state index in [0.29, 0.717) is 12.1 Å². The van der Waals surface area contributed by atoms with Gasteiger partial charge in [-0.1, -0.05) is 24.6 Å². The van der Waals surface area contributed by atoms with E-state index in [4.69, 9.17) is 4.74 Å². The van der Waals surface area contributed by atoms with Gasteiger partial charge in [-0.3, -0.25) is 4.90 Å². The van der Waals surface area contributed by atoms with Gasteiger partial charge in [0.15, 0.2) is 0 Å². The molecule has 0 amide bonds. The molecular weight excluding hydrogens is 250 g/mol. The molecule has 3 heteroatoms. The predicted molar refractivity (Wildman–Crippen MR) is 81.3 cm³/mol. The minimum atomic E-state index is -0.189. The Kier molecular flexibility index (Phi) is 4.48. The summed E-state index contributed by atoms with van der Waals surface area (Å²) in [6, 6.07) is 1.04. The van der Waals surface area contributed by atoms with E-state index in [2.05, 4.69) is 31.1 Å². The van der Waals surface area contributed by atoms with Crippen LogP contribution in [0.15, 0.2) is 36.5 Å². The fraction of sp³-hybridized carbons (Fsp3) is 0.588. The van der Waals surface area contributed by atoms with Crippen LogP contribution in [0, 0.1) is 5.92 Å². The number of hydrogen-bond acceptors (Lipinski definition) is 3. The molecule has 0 spiro atoms. The Morgan fingerprint density at radius 2 is 2.25 bits per heavy atom. The number of methoxy groups -OCH3 is 1. The second-order valence-electron chi connectivity index (χ2n) is 6.03. The van der Waals surface area contributed by atoms with Crippen molar-refractivity contribution in [3.8, 4) is 0 Å². The summed E-state index contributed by atoms with van der Waals surface area (Å²) in [4.78, 5) is 14.5. The fourth-order valence-electron chi connectivity index (χ4n) is 3.67. The second kappa shape index (κ2) is 5.96. The van der Waals surface area contributed by atoms with E-state index in [1.165, 1.54) is 7.11 Å². The number of rotatable bonds is 4. The van der Waals surface area contributed by atoms with Gasteiger partial charge in [-0.15, -0.1) is 13.2 Å². The summed E-state index contributed by atoms with van der Waals surface area (Å²) in [5.41, 5.74) is 1.96. The lowest BCUT2D eigenvalue weighted by atomic mass is 9.84. The topological polar surface area (TPSA) is 29.5 Å². The highest BCUT2D eigenvalue weighted by molar-refractivity contribution is 5.89. The van der Waals surface area contributed by atoms with Gasteiger partial charge in [-0.2, -0.15) is 0 Å². The molecule has 0 N–H and O–H groups in total. The van der Waals surface area contributed by atoms with Crippen molar-refractivity contribution >= 4 is 5.97 Å². The largest absolute Gasteiger partial charge is 0.466 e. The Morgan fingerprint density at radius 1 is 1.55 bits per heavy atom. The van der Waals surface area contributed by atoms with E-state index in [1.807, 2.05) is 13.0 Å². The molecule has 0 unspecified atom stereocenters. The molecule has 1 saturated heterocycles. The van der Waals surface area contributed by atoms with Crippen LogP contribution < -0.4 is 0 Å². The molecule has 0 aromatic carbocycles. The van der Waals surface area contributed by atoms with Crippen LogP contribution in [-0.4, -0.2) is 36.1 Å². The average Bonchev–Trinajstić information content (AvgIpc) is 2.85. The number of esters is 1. The van der Waals surface area contributed by atoms with Gasteiger partial charge in [0.2, 0.25) is 0 Å². The van der Waals surface area contributed by atoms with E-state index in [-0.39, 0.29) is 17.9 Å². The Labute approximate surface area is 122 Å². The van der Waals surface area contributed by atoms with Crippen molar-refractivity contribution in [2.75, 3.05) is 7.11 Å². The molecule has 3 nitrogen and oxygen atoms in total. The quantitative estimate of drug-likeness (QED) is 0.583. The van der Waals surface area contributed by atoms with Gasteiger partial charge in [0, 0.05) is 29.6 Å². The number of ether oxygens (including phenoxy) is 1. The van der Waals surface area contributed by atoms with Gasteiger partial charge in [-0.05, 0) is 26.2 Å². The zero-order valence-corrected chi connectivity index (χ0v) is 12.8. The zero-order chi connectivity index (χ0) is 14.9. The zero-order valence-electron chi connectivity index (χ0n) is 12.8. The van der Waals surface area contributed by atoms with Crippen molar-refractivity contribution in [3.63, 3.8) is 0 Å². The Hall–Kier alpha value is -1.35. The number of hydrogen-bond donors (Lipinski definition) is 0. The van der Waals surface area contributed by atoms with Gasteiger partial charge in [0.25, 0.3) is 0 Å². The summed E-state index contributed by atoms with van der Waals surface area (Å²) in [6.07, 6.45) is 7.24. The molecule has 0 aromatic heterocycles. The van der Waals surface area contributed by atoms with Crippen molar-refractivity contribution in [2.24, 2.45) is 5.92 Å². The standard InChI is InChI=1S/C17H25NO2/c1-6-13-7-8-16-12(4)15(17(19)20-5)10-14(18(13)16)9-11(2)3/h6,10,12-14,16H,1-2,7-9H2,3-5H3/t12-,13-,14+,16+/m0/s1. The van der Waals surface area contributed by atoms with Crippen molar-refractivity contribution in [1.82, 2.24) is 4.90 Å². The van der Waals surface area contributed by atoms with Crippen molar-refractivity contribution < 1.29 is 9.53 Å². The first-order chi connectivity index (χ1) is 9.49. The van der Waals surface area contributed by atoms with Gasteiger partial charge in [0.1, 0.15) is 0 Å². The first-order valence-corrected chi connectivity index (χ1v) is 7.34. The molecule has 2 heterocycles. The highest BCUT2D eigenvalue weighted by Gasteiger charge is 2.44. The van der Waals surface area contributed by atoms with Crippen molar-refractivity contribution in [3.05, 3.63) is 36.5 Å². The van der Waals surface area contributed by atoms with Crippen LogP contribution in [0.3, 0.4) is 0 Å². The summed E-state index contributed by atoms with van der Waals surface area (Å²) in [5, 5.41) is 0. The molecule has 2 aliphatic rings. The van der Waals surface area contributed by atoms with E-state index in [0.717, 1.165) is 30.4 Å². The van der Waals surface area contributed by atoms with E-state index >= 15 is 0 Å². The van der Waals surface area contributed by atoms with Crippen LogP contribution in [0.2, 0.25) is 0 Å². The minimum Gasteiger partial charge on any atom is -0.466 e. The molecule has 110 valence electrons. The number of carbonyl (C=O) groups is 1. The molecular formula is C17H25NO2. The van der Waals surface area contributed by atoms with Crippen LogP contribution in [0.1, 0.15) is 33.1 Å². The van der Waals surface area contributed by atoms with Gasteiger partial charge >= 0.3 is 5.97 Å². The maximum atomic E-state index is 12.0. The van der Waals surface area contributed by atoms with Gasteiger partial charge < -0.3 is 4.74 Å². The monoisotopic (exact) mass is 275 g/mol. The Morgan fingerprint density at radius 3 is 2.80 bits per heavy atom. The number of carbonyl (C=O) groups excluding carboxylic acids is 1. The second-order valence-corrected chi connectivity index (χ2v) is 6.03. The third kappa shape index (κ3) is 2.59. The highest BCUT2D eigenvalue weighted by Crippen LogP contribution is 2.40. The van der Waals surface area contributed by atoms with Crippen molar-refractivity contribution in [2.45, 2.75) is 51.2 Å². The Bertz CT molecular complexity index is 452. The molecule has 0 radical (unpaired) electrons. The first kappa shape index (κ1) is 15.0. The molecule has 1 fully saturated rings. The maximum absolute atomic E-state index is 12.0. The number of fused-ring (bicyclic) bond motifs is 1. The molecule has 0 saturated carbocycles. The number of nitrogens with zero attached hydrogens (tertiary/aromatic N) is 1. The maximum Gasteiger partial charge on any atom is 0.333 e. The minimum absolute atomic E-state index is 0.189. The van der Waals surface area contributed by atoms with Crippen LogP contribution in [0.5, 0.6) is 0 Å². The highest BCUT2D eigenvalue weighted by atomic mass is 16.5. The smallest absolute Gasteiger partial charge is 0.333 e. The lowest BCUT2D eigenvalue weighted by molar-refractivity contribution is -0.137. The van der Waals surface area contributed by atoms with E-state index in [1.54, 1.807) is 0 Å². The normalized spacial score (nSPS) is 33.2. The first-order valence-electron chi connectivity index (χ1n) is 7.34. The van der Waals surface area contributed by atoms with E-state index < -0.39 is 0 Å². The Balaban J connectivity index is 2.37. The molecule has 2 aliphatic heterocycles. The molecule has 0 aromatic rings. The average molecular weight is 275 g/mol. The van der Waals surface area contributed by atoms with Crippen LogP contribution in [0.25, 0.3) is 0 Å². The van der Waals surface area contributed by atoms with Gasteiger partial charge in [0.05, 0.1) is 7.11 Å². The molecule has 0 aliphatic carbocycles. The fourth-order valence-corrected chi connectivity index (χ4v) is 3.67. The van der Waals surface area contributed by atoms with Crippen LogP contribution in [-0.2, 0) is 9.53 Å². The van der Waals surface area contributed by atoms with Crippen molar-refractivity contribution in [1.29, 1.82) is 0 Å². The van der Waals surface area contributed by atoms with Crippen LogP contribution in [0.4, 0.5) is 0 Å². The molecule has 4 atom stereocenters. The van der Waals surface area contributed by atoms with Gasteiger partial charge in [-0.25, -0.2) is 4.79 Å². The lowest BCUT2D eigenvalue weighted by Crippen LogP contribution is -2.49. The summed E-state index contributed by atoms with van der Waals surface area (Å²) in [7, 11) is 1.46. The summed E-state index contributed by atoms with van der Waals surface area (Å²) >= 11 is 0. The van der Waals surface area contributed by atoms with E-state index in [9.17, 15) is 4.79 Å². The molecule has 2 rings (SSSR count). The van der Waals surface area contributed by atoms with Crippen LogP contribution >= 0.6 is 0 Å². The molecule has 20 heavy (non-hydrogen) atoms. The molecule has 0 bridgehead atoms. The SMILES string of the molecule is C=C[C@H]1CC[C@@H]2[C@@H](C)C(C(=O)OC)=C[C@@H](CC(=C)C)N21. The summed E-state index contributed by atoms with van der Waals surface area (Å²) in [6.45, 7) is 12.2.